The summed E-state index contributed by atoms with van der Waals surface area (Å²) in [5, 5.41) is 15.3. The first-order valence-corrected chi connectivity index (χ1v) is 6.82. The van der Waals surface area contributed by atoms with E-state index in [2.05, 4.69) is 10.6 Å². The van der Waals surface area contributed by atoms with Crippen molar-refractivity contribution in [1.82, 2.24) is 10.6 Å². The lowest BCUT2D eigenvalue weighted by Crippen LogP contribution is -2.49. The summed E-state index contributed by atoms with van der Waals surface area (Å²) >= 11 is 0. The second-order valence-electron chi connectivity index (χ2n) is 5.60. The topological polar surface area (TPSA) is 78.4 Å². The van der Waals surface area contributed by atoms with Crippen LogP contribution in [0, 0.1) is 11.8 Å². The van der Waals surface area contributed by atoms with Gasteiger partial charge in [-0.1, -0.05) is 20.3 Å². The van der Waals surface area contributed by atoms with E-state index in [0.29, 0.717) is 6.04 Å². The highest BCUT2D eigenvalue weighted by molar-refractivity contribution is 5.86. The van der Waals surface area contributed by atoms with Crippen molar-refractivity contribution in [3.8, 4) is 0 Å². The van der Waals surface area contributed by atoms with Crippen LogP contribution in [-0.2, 0) is 9.59 Å². The fourth-order valence-electron chi connectivity index (χ4n) is 3.06. The number of amides is 1. The summed E-state index contributed by atoms with van der Waals surface area (Å²) in [5.41, 5.74) is 0. The van der Waals surface area contributed by atoms with Crippen molar-refractivity contribution in [2.75, 3.05) is 0 Å². The average molecular weight is 254 g/mol. The predicted octanol–water partition coefficient (Wildman–Crippen LogP) is 0.742. The van der Waals surface area contributed by atoms with Gasteiger partial charge in [-0.05, 0) is 25.2 Å². The first kappa shape index (κ1) is 13.3. The average Bonchev–Trinajstić information content (AvgIpc) is 2.96. The number of carboxylic acid groups (broad SMARTS) is 1. The van der Waals surface area contributed by atoms with Crippen LogP contribution in [-0.4, -0.2) is 35.1 Å². The molecule has 0 aromatic carbocycles. The van der Waals surface area contributed by atoms with E-state index in [1.54, 1.807) is 0 Å². The third-order valence-electron chi connectivity index (χ3n) is 4.41. The highest BCUT2D eigenvalue weighted by Crippen LogP contribution is 2.33. The Bertz CT molecular complexity index is 345. The van der Waals surface area contributed by atoms with E-state index in [0.717, 1.165) is 25.7 Å². The Morgan fingerprint density at radius 3 is 2.61 bits per heavy atom. The van der Waals surface area contributed by atoms with Gasteiger partial charge in [-0.15, -0.1) is 0 Å². The Labute approximate surface area is 107 Å². The van der Waals surface area contributed by atoms with Gasteiger partial charge in [0.15, 0.2) is 0 Å². The Balaban J connectivity index is 1.95. The van der Waals surface area contributed by atoms with E-state index in [-0.39, 0.29) is 23.8 Å². The molecule has 2 aliphatic heterocycles. The lowest BCUT2D eigenvalue weighted by molar-refractivity contribution is -0.144. The summed E-state index contributed by atoms with van der Waals surface area (Å²) < 4.78 is 0. The van der Waals surface area contributed by atoms with Crippen LogP contribution in [0.5, 0.6) is 0 Å². The van der Waals surface area contributed by atoms with Gasteiger partial charge in [0, 0.05) is 12.1 Å². The van der Waals surface area contributed by atoms with E-state index in [4.69, 9.17) is 5.11 Å². The molecule has 0 spiro atoms. The zero-order valence-corrected chi connectivity index (χ0v) is 11.0. The first-order valence-electron chi connectivity index (χ1n) is 6.82. The number of carboxylic acids is 1. The number of nitrogens with one attached hydrogen (secondary N) is 2. The molecule has 0 aromatic heterocycles. The fraction of sp³-hybridized carbons (Fsp3) is 0.846. The van der Waals surface area contributed by atoms with Crippen LogP contribution in [0.15, 0.2) is 0 Å². The minimum Gasteiger partial charge on any atom is -0.480 e. The minimum absolute atomic E-state index is 0.0435. The number of rotatable bonds is 5. The molecule has 5 heteroatoms. The van der Waals surface area contributed by atoms with Gasteiger partial charge in [0.2, 0.25) is 5.91 Å². The summed E-state index contributed by atoms with van der Waals surface area (Å²) in [6.07, 6.45) is 3.77. The molecule has 2 heterocycles. The standard InChI is InChI=1S/C13H22N2O3/c1-3-7(2)11(13(17)18)15-12(16)9-6-8-4-5-10(9)14-8/h7-11,14H,3-6H2,1-2H3,(H,15,16)(H,17,18)/t7?,8?,9?,10?,11-/m0/s1. The van der Waals surface area contributed by atoms with Crippen LogP contribution in [0.2, 0.25) is 0 Å². The summed E-state index contributed by atoms with van der Waals surface area (Å²) in [4.78, 5) is 23.3. The SMILES string of the molecule is CCC(C)[C@H](NC(=O)C1CC2CCC1N2)C(=O)O. The van der Waals surface area contributed by atoms with Crippen LogP contribution < -0.4 is 10.6 Å². The second-order valence-corrected chi connectivity index (χ2v) is 5.60. The molecule has 5 atom stereocenters. The van der Waals surface area contributed by atoms with Crippen molar-refractivity contribution < 1.29 is 14.7 Å². The molecule has 3 N–H and O–H groups in total. The second kappa shape index (κ2) is 5.26. The molecule has 0 aromatic rings. The molecule has 18 heavy (non-hydrogen) atoms. The quantitative estimate of drug-likeness (QED) is 0.676. The van der Waals surface area contributed by atoms with Gasteiger partial charge in [-0.25, -0.2) is 4.79 Å². The Hall–Kier alpha value is -1.10. The molecular weight excluding hydrogens is 232 g/mol. The molecule has 0 radical (unpaired) electrons. The van der Waals surface area contributed by atoms with Gasteiger partial charge >= 0.3 is 5.97 Å². The molecule has 2 saturated heterocycles. The fourth-order valence-corrected chi connectivity index (χ4v) is 3.06. The minimum atomic E-state index is -0.936. The molecular formula is C13H22N2O3. The monoisotopic (exact) mass is 254 g/mol. The molecule has 0 saturated carbocycles. The van der Waals surface area contributed by atoms with E-state index in [1.165, 1.54) is 0 Å². The smallest absolute Gasteiger partial charge is 0.326 e. The molecule has 2 aliphatic rings. The normalized spacial score (nSPS) is 33.1. The van der Waals surface area contributed by atoms with E-state index >= 15 is 0 Å². The molecule has 0 aliphatic carbocycles. The lowest BCUT2D eigenvalue weighted by Gasteiger charge is -2.25. The van der Waals surface area contributed by atoms with Crippen molar-refractivity contribution in [3.63, 3.8) is 0 Å². The van der Waals surface area contributed by atoms with Gasteiger partial charge in [-0.2, -0.15) is 0 Å². The number of carbonyl (C=O) groups excluding carboxylic acids is 1. The van der Waals surface area contributed by atoms with Gasteiger partial charge < -0.3 is 15.7 Å². The van der Waals surface area contributed by atoms with Crippen molar-refractivity contribution in [3.05, 3.63) is 0 Å². The van der Waals surface area contributed by atoms with E-state index < -0.39 is 12.0 Å². The maximum atomic E-state index is 12.2. The zero-order valence-electron chi connectivity index (χ0n) is 11.0. The lowest BCUT2D eigenvalue weighted by atomic mass is 9.88. The molecule has 1 amide bonds. The van der Waals surface area contributed by atoms with Crippen molar-refractivity contribution in [1.29, 1.82) is 0 Å². The van der Waals surface area contributed by atoms with Gasteiger partial charge in [0.05, 0.1) is 5.92 Å². The number of aliphatic carboxylic acids is 1. The number of hydrogen-bond acceptors (Lipinski definition) is 3. The van der Waals surface area contributed by atoms with Gasteiger partial charge in [0.25, 0.3) is 0 Å². The van der Waals surface area contributed by atoms with Crippen LogP contribution in [0.25, 0.3) is 0 Å². The maximum absolute atomic E-state index is 12.2. The summed E-state index contributed by atoms with van der Waals surface area (Å²) in [7, 11) is 0. The van der Waals surface area contributed by atoms with Crippen LogP contribution >= 0.6 is 0 Å². The summed E-state index contributed by atoms with van der Waals surface area (Å²) in [6.45, 7) is 3.80. The van der Waals surface area contributed by atoms with Crippen LogP contribution in [0.4, 0.5) is 0 Å². The Kier molecular flexibility index (Phi) is 3.90. The van der Waals surface area contributed by atoms with Gasteiger partial charge in [0.1, 0.15) is 6.04 Å². The van der Waals surface area contributed by atoms with Crippen molar-refractivity contribution in [2.24, 2.45) is 11.8 Å². The molecule has 4 unspecified atom stereocenters. The van der Waals surface area contributed by atoms with Crippen molar-refractivity contribution >= 4 is 11.9 Å². The number of hydrogen-bond donors (Lipinski definition) is 3. The van der Waals surface area contributed by atoms with E-state index in [1.807, 2.05) is 13.8 Å². The zero-order chi connectivity index (χ0) is 13.3. The van der Waals surface area contributed by atoms with Crippen LogP contribution in [0.3, 0.4) is 0 Å². The number of fused-ring (bicyclic) bond motifs is 2. The molecule has 5 nitrogen and oxygen atoms in total. The summed E-state index contributed by atoms with van der Waals surface area (Å²) in [6, 6.07) is -0.0550. The first-order chi connectivity index (χ1) is 8.52. The molecule has 2 rings (SSSR count). The highest BCUT2D eigenvalue weighted by Gasteiger charge is 2.43. The third-order valence-corrected chi connectivity index (χ3v) is 4.41. The van der Waals surface area contributed by atoms with Crippen molar-refractivity contribution in [2.45, 2.75) is 57.7 Å². The molecule has 102 valence electrons. The van der Waals surface area contributed by atoms with E-state index in [9.17, 15) is 9.59 Å². The number of carbonyl (C=O) groups is 2. The van der Waals surface area contributed by atoms with Gasteiger partial charge in [-0.3, -0.25) is 4.79 Å². The Morgan fingerprint density at radius 2 is 2.17 bits per heavy atom. The van der Waals surface area contributed by atoms with Crippen LogP contribution in [0.1, 0.15) is 39.5 Å². The highest BCUT2D eigenvalue weighted by atomic mass is 16.4. The largest absolute Gasteiger partial charge is 0.480 e. The maximum Gasteiger partial charge on any atom is 0.326 e. The molecule has 2 bridgehead atoms. The summed E-state index contributed by atoms with van der Waals surface area (Å²) in [5.74, 6) is -1.12. The Morgan fingerprint density at radius 1 is 1.44 bits per heavy atom. The molecule has 2 fully saturated rings. The predicted molar refractivity (Wildman–Crippen MR) is 67.1 cm³/mol. The third kappa shape index (κ3) is 2.51.